The number of benzene rings is 2. The summed E-state index contributed by atoms with van der Waals surface area (Å²) in [6.07, 6.45) is -4.98. The SMILES string of the molecule is COc1cccc([C@H]2S[C@H](CCn3nnc(CC(=O)O)n3)c3nnc(C(F)(F)F)n3-c3ccc(Cl)cc32)c1OC. The van der Waals surface area contributed by atoms with Gasteiger partial charge in [0.1, 0.15) is 6.42 Å². The van der Waals surface area contributed by atoms with Crippen molar-refractivity contribution < 1.29 is 32.5 Å². The van der Waals surface area contributed by atoms with E-state index in [1.54, 1.807) is 18.2 Å². The minimum atomic E-state index is -4.79. The molecule has 0 saturated carbocycles. The molecule has 0 saturated heterocycles. The van der Waals surface area contributed by atoms with Crippen molar-refractivity contribution in [3.05, 3.63) is 70.0 Å². The molecule has 0 amide bonds. The number of carboxylic acids is 1. The maximum atomic E-state index is 14.2. The molecule has 0 bridgehead atoms. The van der Waals surface area contributed by atoms with E-state index in [1.807, 2.05) is 6.07 Å². The second kappa shape index (κ2) is 11.0. The van der Waals surface area contributed by atoms with Crippen molar-refractivity contribution in [3.8, 4) is 17.2 Å². The molecule has 2 aromatic heterocycles. The maximum Gasteiger partial charge on any atom is 0.452 e. The summed E-state index contributed by atoms with van der Waals surface area (Å²) in [7, 11) is 2.98. The lowest BCUT2D eigenvalue weighted by Gasteiger charge is -2.24. The highest BCUT2D eigenvalue weighted by molar-refractivity contribution is 8.00. The Balaban J connectivity index is 1.65. The highest BCUT2D eigenvalue weighted by atomic mass is 35.5. The Morgan fingerprint density at radius 2 is 1.93 bits per heavy atom. The highest BCUT2D eigenvalue weighted by Crippen LogP contribution is 2.54. The number of fused-ring (bicyclic) bond motifs is 3. The molecule has 0 spiro atoms. The standard InChI is InChI=1S/C24H21ClF3N7O4S/c1-38-16-5-3-4-13(20(16)39-2)21-14-10-12(25)6-7-15(14)35-22(30-31-23(35)24(26,27)28)17(40-21)8-9-34-32-18(29-33-34)11-19(36)37/h3-7,10,17,21H,8-9,11H2,1-2H3,(H,36,37)/t17-,21-/m1/s1. The number of halogens is 4. The fourth-order valence-electron chi connectivity index (χ4n) is 4.53. The van der Waals surface area contributed by atoms with E-state index in [0.717, 1.165) is 4.57 Å². The third kappa shape index (κ3) is 5.30. The van der Waals surface area contributed by atoms with Gasteiger partial charge in [0, 0.05) is 10.6 Å². The zero-order valence-corrected chi connectivity index (χ0v) is 22.5. The minimum absolute atomic E-state index is 0.0181. The van der Waals surface area contributed by atoms with Crippen molar-refractivity contribution in [2.45, 2.75) is 36.1 Å². The average Bonchev–Trinajstić information content (AvgIpc) is 3.52. The van der Waals surface area contributed by atoms with E-state index < -0.39 is 34.9 Å². The summed E-state index contributed by atoms with van der Waals surface area (Å²) in [5.74, 6) is -1.30. The van der Waals surface area contributed by atoms with E-state index in [-0.39, 0.29) is 30.3 Å². The van der Waals surface area contributed by atoms with Gasteiger partial charge in [-0.15, -0.1) is 32.2 Å². The Labute approximate surface area is 234 Å². The van der Waals surface area contributed by atoms with Crippen molar-refractivity contribution in [2.75, 3.05) is 14.2 Å². The summed E-state index contributed by atoms with van der Waals surface area (Å²) in [5, 5.41) is 27.3. The maximum absolute atomic E-state index is 14.2. The van der Waals surface area contributed by atoms with Crippen LogP contribution in [0.3, 0.4) is 0 Å². The van der Waals surface area contributed by atoms with E-state index in [0.29, 0.717) is 27.6 Å². The van der Waals surface area contributed by atoms with Crippen LogP contribution in [0, 0.1) is 0 Å². The summed E-state index contributed by atoms with van der Waals surface area (Å²) in [4.78, 5) is 12.2. The molecule has 1 aliphatic rings. The first-order valence-corrected chi connectivity index (χ1v) is 13.1. The molecule has 1 aliphatic heterocycles. The molecule has 0 aliphatic carbocycles. The molecule has 4 aromatic rings. The molecule has 16 heteroatoms. The van der Waals surface area contributed by atoms with Gasteiger partial charge in [0.15, 0.2) is 23.1 Å². The van der Waals surface area contributed by atoms with Crippen molar-refractivity contribution >= 4 is 29.3 Å². The third-order valence-electron chi connectivity index (χ3n) is 6.15. The Hall–Kier alpha value is -3.85. The number of thioether (sulfide) groups is 1. The number of nitrogens with zero attached hydrogens (tertiary/aromatic N) is 7. The number of tetrazole rings is 1. The highest BCUT2D eigenvalue weighted by Gasteiger charge is 2.43. The number of para-hydroxylation sites is 1. The molecule has 2 atom stereocenters. The monoisotopic (exact) mass is 595 g/mol. The number of hydrogen-bond donors (Lipinski definition) is 1. The number of rotatable bonds is 8. The molecular formula is C24H21ClF3N7O4S. The fourth-order valence-corrected chi connectivity index (χ4v) is 6.22. The normalized spacial score (nSPS) is 16.6. The molecule has 3 heterocycles. The molecule has 210 valence electrons. The van der Waals surface area contributed by atoms with Crippen molar-refractivity contribution in [1.29, 1.82) is 0 Å². The van der Waals surface area contributed by atoms with Gasteiger partial charge in [0.2, 0.25) is 5.82 Å². The van der Waals surface area contributed by atoms with Gasteiger partial charge in [-0.1, -0.05) is 23.7 Å². The predicted octanol–water partition coefficient (Wildman–Crippen LogP) is 4.54. The van der Waals surface area contributed by atoms with Crippen molar-refractivity contribution in [3.63, 3.8) is 0 Å². The lowest BCUT2D eigenvalue weighted by Crippen LogP contribution is -2.16. The van der Waals surface area contributed by atoms with Crippen LogP contribution in [0.1, 0.15) is 45.5 Å². The van der Waals surface area contributed by atoms with Gasteiger partial charge in [-0.05, 0) is 41.5 Å². The first-order chi connectivity index (χ1) is 19.1. The van der Waals surface area contributed by atoms with E-state index in [9.17, 15) is 18.0 Å². The zero-order chi connectivity index (χ0) is 28.6. The van der Waals surface area contributed by atoms with Crippen LogP contribution in [0.4, 0.5) is 13.2 Å². The average molecular weight is 596 g/mol. The summed E-state index contributed by atoms with van der Waals surface area (Å²) >= 11 is 7.71. The Kier molecular flexibility index (Phi) is 7.59. The number of methoxy groups -OCH3 is 2. The minimum Gasteiger partial charge on any atom is -0.493 e. The fraction of sp³-hybridized carbons (Fsp3) is 0.333. The molecule has 0 unspecified atom stereocenters. The Morgan fingerprint density at radius 3 is 2.62 bits per heavy atom. The van der Waals surface area contributed by atoms with Crippen LogP contribution in [0.2, 0.25) is 5.02 Å². The van der Waals surface area contributed by atoms with E-state index in [4.69, 9.17) is 26.2 Å². The van der Waals surface area contributed by atoms with E-state index in [2.05, 4.69) is 25.6 Å². The van der Waals surface area contributed by atoms with E-state index >= 15 is 0 Å². The predicted molar refractivity (Wildman–Crippen MR) is 137 cm³/mol. The van der Waals surface area contributed by atoms with Crippen LogP contribution in [0.5, 0.6) is 11.5 Å². The number of carbonyl (C=O) groups is 1. The molecule has 5 rings (SSSR count). The topological polar surface area (TPSA) is 130 Å². The lowest BCUT2D eigenvalue weighted by atomic mass is 10.0. The van der Waals surface area contributed by atoms with Gasteiger partial charge in [-0.25, -0.2) is 0 Å². The van der Waals surface area contributed by atoms with Crippen LogP contribution in [0.15, 0.2) is 36.4 Å². The number of hydrogen-bond acceptors (Lipinski definition) is 9. The molecule has 11 nitrogen and oxygen atoms in total. The Bertz CT molecular complexity index is 1560. The first-order valence-electron chi connectivity index (χ1n) is 11.8. The number of aliphatic carboxylic acids is 1. The van der Waals surface area contributed by atoms with Gasteiger partial charge in [-0.2, -0.15) is 18.0 Å². The number of aryl methyl sites for hydroxylation is 1. The molecular weight excluding hydrogens is 575 g/mol. The molecule has 1 N–H and O–H groups in total. The summed E-state index contributed by atoms with van der Waals surface area (Å²) in [6, 6.07) is 9.96. The lowest BCUT2D eigenvalue weighted by molar-refractivity contribution is -0.146. The molecule has 2 aromatic carbocycles. The largest absolute Gasteiger partial charge is 0.493 e. The van der Waals surface area contributed by atoms with Crippen LogP contribution < -0.4 is 9.47 Å². The summed E-state index contributed by atoms with van der Waals surface area (Å²) in [6.45, 7) is 0.123. The smallest absolute Gasteiger partial charge is 0.452 e. The van der Waals surface area contributed by atoms with Crippen molar-refractivity contribution in [1.82, 2.24) is 35.0 Å². The third-order valence-corrected chi connectivity index (χ3v) is 7.94. The molecule has 0 fully saturated rings. The zero-order valence-electron chi connectivity index (χ0n) is 21.0. The summed E-state index contributed by atoms with van der Waals surface area (Å²) < 4.78 is 54.7. The van der Waals surface area contributed by atoms with Gasteiger partial charge in [-0.3, -0.25) is 9.36 Å². The van der Waals surface area contributed by atoms with Gasteiger partial charge < -0.3 is 14.6 Å². The Morgan fingerprint density at radius 1 is 1.12 bits per heavy atom. The number of ether oxygens (including phenoxy) is 2. The van der Waals surface area contributed by atoms with Crippen LogP contribution in [-0.2, 0) is 23.9 Å². The van der Waals surface area contributed by atoms with Crippen LogP contribution >= 0.6 is 23.4 Å². The second-order valence-electron chi connectivity index (χ2n) is 8.67. The number of aromatic nitrogens is 7. The van der Waals surface area contributed by atoms with Crippen LogP contribution in [0.25, 0.3) is 5.69 Å². The molecule has 40 heavy (non-hydrogen) atoms. The molecule has 0 radical (unpaired) electrons. The second-order valence-corrected chi connectivity index (χ2v) is 10.4. The van der Waals surface area contributed by atoms with Gasteiger partial charge in [0.05, 0.1) is 37.0 Å². The van der Waals surface area contributed by atoms with Gasteiger partial charge >= 0.3 is 12.1 Å². The summed E-state index contributed by atoms with van der Waals surface area (Å²) in [5.41, 5.74) is 1.39. The number of carboxylic acid groups (broad SMARTS) is 1. The van der Waals surface area contributed by atoms with E-state index in [1.165, 1.54) is 42.9 Å². The number of alkyl halides is 3. The quantitative estimate of drug-likeness (QED) is 0.310. The van der Waals surface area contributed by atoms with Gasteiger partial charge in [0.25, 0.3) is 0 Å². The van der Waals surface area contributed by atoms with Crippen molar-refractivity contribution in [2.24, 2.45) is 0 Å². The first kappa shape index (κ1) is 27.7. The van der Waals surface area contributed by atoms with Crippen LogP contribution in [-0.4, -0.2) is 60.3 Å².